The highest BCUT2D eigenvalue weighted by atomic mass is 35.5. The molecule has 0 aromatic heterocycles. The normalized spacial score (nSPS) is 20.5. The molecule has 0 saturated heterocycles. The van der Waals surface area contributed by atoms with E-state index in [9.17, 15) is 18.0 Å². The fraction of sp³-hybridized carbons (Fsp3) is 0.188. The number of alkyl halides is 3. The summed E-state index contributed by atoms with van der Waals surface area (Å²) in [5, 5.41) is 0.420. The topological polar surface area (TPSA) is 17.1 Å². The predicted molar refractivity (Wildman–Crippen MR) is 76.9 cm³/mol. The first-order chi connectivity index (χ1) is 9.79. The lowest BCUT2D eigenvalue weighted by Crippen LogP contribution is -2.18. The van der Waals surface area contributed by atoms with E-state index in [2.05, 4.69) is 0 Å². The van der Waals surface area contributed by atoms with Gasteiger partial charge in [-0.2, -0.15) is 13.2 Å². The molecule has 1 aromatic carbocycles. The largest absolute Gasteiger partial charge is 0.416 e. The first kappa shape index (κ1) is 15.6. The van der Waals surface area contributed by atoms with Crippen LogP contribution in [0.4, 0.5) is 13.2 Å². The Morgan fingerprint density at radius 1 is 1.29 bits per heavy atom. The van der Waals surface area contributed by atoms with Gasteiger partial charge in [-0.15, -0.1) is 0 Å². The van der Waals surface area contributed by atoms with E-state index in [1.165, 1.54) is 19.1 Å². The molecule has 0 aliphatic heterocycles. The summed E-state index contributed by atoms with van der Waals surface area (Å²) in [5.41, 5.74) is 0.0808. The maximum absolute atomic E-state index is 12.8. The van der Waals surface area contributed by atoms with Gasteiger partial charge in [0.2, 0.25) is 0 Å². The van der Waals surface area contributed by atoms with E-state index in [-0.39, 0.29) is 11.4 Å². The molecule has 110 valence electrons. The number of Topliss-reactive ketones (excluding diaryl/α,β-unsaturated/α-hetero) is 1. The minimum Gasteiger partial charge on any atom is -0.299 e. The van der Waals surface area contributed by atoms with E-state index in [4.69, 9.17) is 11.6 Å². The van der Waals surface area contributed by atoms with E-state index < -0.39 is 17.7 Å². The highest BCUT2D eigenvalue weighted by molar-refractivity contribution is 6.32. The van der Waals surface area contributed by atoms with Gasteiger partial charge >= 0.3 is 6.18 Å². The standard InChI is InChI=1S/C16H12ClF3O/c1-10(21)14-7-6-13(16(18,19)20)9-12(14)8-11-4-2-3-5-15(11)17/h2-9,14H,1H3/b12-8+. The Hall–Kier alpha value is -1.81. The summed E-state index contributed by atoms with van der Waals surface area (Å²) in [7, 11) is 0. The molecule has 1 atom stereocenters. The molecule has 1 aromatic rings. The molecule has 0 spiro atoms. The molecule has 0 amide bonds. The summed E-state index contributed by atoms with van der Waals surface area (Å²) in [5.74, 6) is -0.908. The SMILES string of the molecule is CC(=O)C1C=CC(C(F)(F)F)=C/C1=C\c1ccccc1Cl. The lowest BCUT2D eigenvalue weighted by Gasteiger charge is -2.19. The molecule has 5 heteroatoms. The van der Waals surface area contributed by atoms with Crippen molar-refractivity contribution in [3.63, 3.8) is 0 Å². The van der Waals surface area contributed by atoms with Crippen LogP contribution in [-0.2, 0) is 4.79 Å². The van der Waals surface area contributed by atoms with Crippen molar-refractivity contribution in [3.05, 3.63) is 64.2 Å². The number of hydrogen-bond donors (Lipinski definition) is 0. The molecule has 2 rings (SSSR count). The van der Waals surface area contributed by atoms with Crippen LogP contribution in [0, 0.1) is 5.92 Å². The van der Waals surface area contributed by atoms with Gasteiger partial charge in [-0.3, -0.25) is 4.79 Å². The molecule has 0 radical (unpaired) electrons. The van der Waals surface area contributed by atoms with Gasteiger partial charge in [0.05, 0.1) is 11.5 Å². The Kier molecular flexibility index (Phi) is 4.37. The van der Waals surface area contributed by atoms with Crippen LogP contribution in [0.1, 0.15) is 12.5 Å². The van der Waals surface area contributed by atoms with Crippen molar-refractivity contribution < 1.29 is 18.0 Å². The highest BCUT2D eigenvalue weighted by Crippen LogP contribution is 2.34. The van der Waals surface area contributed by atoms with Crippen molar-refractivity contribution in [2.24, 2.45) is 5.92 Å². The van der Waals surface area contributed by atoms with Crippen LogP contribution >= 0.6 is 11.6 Å². The molecule has 21 heavy (non-hydrogen) atoms. The third-order valence-electron chi connectivity index (χ3n) is 3.14. The lowest BCUT2D eigenvalue weighted by atomic mass is 9.87. The molecule has 0 heterocycles. The highest BCUT2D eigenvalue weighted by Gasteiger charge is 2.34. The molecule has 0 saturated carbocycles. The van der Waals surface area contributed by atoms with Gasteiger partial charge in [0.25, 0.3) is 0 Å². The summed E-state index contributed by atoms with van der Waals surface area (Å²) in [6.07, 6.45) is 0.278. The summed E-state index contributed by atoms with van der Waals surface area (Å²) in [4.78, 5) is 11.6. The number of carbonyl (C=O) groups is 1. The maximum Gasteiger partial charge on any atom is 0.416 e. The van der Waals surface area contributed by atoms with Gasteiger partial charge in [-0.25, -0.2) is 0 Å². The maximum atomic E-state index is 12.8. The Morgan fingerprint density at radius 3 is 2.52 bits per heavy atom. The molecule has 0 fully saturated rings. The Bertz CT molecular complexity index is 654. The van der Waals surface area contributed by atoms with Gasteiger partial charge in [0.1, 0.15) is 5.78 Å². The molecule has 1 nitrogen and oxygen atoms in total. The second-order valence-electron chi connectivity index (χ2n) is 4.71. The lowest BCUT2D eigenvalue weighted by molar-refractivity contribution is -0.118. The molecule has 0 bridgehead atoms. The molecule has 1 unspecified atom stereocenters. The quantitative estimate of drug-likeness (QED) is 0.752. The van der Waals surface area contributed by atoms with E-state index in [0.29, 0.717) is 10.6 Å². The number of allylic oxidation sites excluding steroid dienone is 5. The van der Waals surface area contributed by atoms with Crippen molar-refractivity contribution in [3.8, 4) is 0 Å². The second-order valence-corrected chi connectivity index (χ2v) is 5.12. The van der Waals surface area contributed by atoms with Gasteiger partial charge in [0.15, 0.2) is 0 Å². The number of ketones is 1. The summed E-state index contributed by atoms with van der Waals surface area (Å²) < 4.78 is 38.4. The first-order valence-corrected chi connectivity index (χ1v) is 6.60. The van der Waals surface area contributed by atoms with Crippen LogP contribution in [0.15, 0.2) is 53.6 Å². The number of carbonyl (C=O) groups excluding carboxylic acids is 1. The molecule has 0 N–H and O–H groups in total. The van der Waals surface area contributed by atoms with Gasteiger partial charge in [-0.1, -0.05) is 42.0 Å². The van der Waals surface area contributed by atoms with Crippen molar-refractivity contribution in [2.75, 3.05) is 0 Å². The smallest absolute Gasteiger partial charge is 0.299 e. The summed E-state index contributed by atoms with van der Waals surface area (Å²) in [6.45, 7) is 1.35. The zero-order valence-corrected chi connectivity index (χ0v) is 11.9. The zero-order chi connectivity index (χ0) is 15.6. The minimum atomic E-state index is -4.45. The predicted octanol–water partition coefficient (Wildman–Crippen LogP) is 4.99. The molecule has 1 aliphatic carbocycles. The molecular formula is C16H12ClF3O. The first-order valence-electron chi connectivity index (χ1n) is 6.22. The fourth-order valence-corrected chi connectivity index (χ4v) is 2.27. The van der Waals surface area contributed by atoms with E-state index in [1.54, 1.807) is 24.3 Å². The number of rotatable bonds is 2. The van der Waals surface area contributed by atoms with Gasteiger partial charge in [-0.05, 0) is 36.3 Å². The Morgan fingerprint density at radius 2 is 1.95 bits per heavy atom. The monoisotopic (exact) mass is 312 g/mol. The average molecular weight is 313 g/mol. The van der Waals surface area contributed by atoms with Gasteiger partial charge < -0.3 is 0 Å². The number of halogens is 4. The zero-order valence-electron chi connectivity index (χ0n) is 11.1. The second kappa shape index (κ2) is 5.90. The van der Waals surface area contributed by atoms with E-state index >= 15 is 0 Å². The summed E-state index contributed by atoms with van der Waals surface area (Å²) >= 11 is 6.01. The average Bonchev–Trinajstić information content (AvgIpc) is 2.40. The fourth-order valence-electron chi connectivity index (χ4n) is 2.08. The molecular weight excluding hydrogens is 301 g/mol. The number of benzene rings is 1. The van der Waals surface area contributed by atoms with Gasteiger partial charge in [0, 0.05) is 5.02 Å². The summed E-state index contributed by atoms with van der Waals surface area (Å²) in [6, 6.07) is 6.79. The van der Waals surface area contributed by atoms with Crippen LogP contribution in [0.2, 0.25) is 5.02 Å². The Balaban J connectivity index is 2.50. The third-order valence-corrected chi connectivity index (χ3v) is 3.49. The van der Waals surface area contributed by atoms with Crippen molar-refractivity contribution in [1.82, 2.24) is 0 Å². The van der Waals surface area contributed by atoms with Crippen LogP contribution in [0.25, 0.3) is 6.08 Å². The van der Waals surface area contributed by atoms with Crippen LogP contribution in [0.3, 0.4) is 0 Å². The van der Waals surface area contributed by atoms with Crippen molar-refractivity contribution >= 4 is 23.5 Å². The minimum absolute atomic E-state index is 0.220. The van der Waals surface area contributed by atoms with Crippen LogP contribution in [-0.4, -0.2) is 12.0 Å². The molecule has 1 aliphatic rings. The van der Waals surface area contributed by atoms with Crippen LogP contribution in [0.5, 0.6) is 0 Å². The third kappa shape index (κ3) is 3.64. The van der Waals surface area contributed by atoms with E-state index in [0.717, 1.165) is 12.2 Å². The van der Waals surface area contributed by atoms with Crippen molar-refractivity contribution in [1.29, 1.82) is 0 Å². The van der Waals surface area contributed by atoms with Crippen LogP contribution < -0.4 is 0 Å². The van der Waals surface area contributed by atoms with Crippen molar-refractivity contribution in [2.45, 2.75) is 13.1 Å². The van der Waals surface area contributed by atoms with E-state index in [1.807, 2.05) is 0 Å². The Labute approximate surface area is 125 Å². The number of hydrogen-bond acceptors (Lipinski definition) is 1.